The largest absolute Gasteiger partial charge is 0.366 e. The molecule has 1 amide bonds. The number of likely N-dealkylation sites (N-methyl/N-ethyl adjacent to an activating group) is 1. The quantitative estimate of drug-likeness (QED) is 0.362. The minimum atomic E-state index is -0.332. The van der Waals surface area contributed by atoms with Crippen molar-refractivity contribution in [3.63, 3.8) is 0 Å². The number of amides is 1. The van der Waals surface area contributed by atoms with E-state index in [1.165, 1.54) is 6.07 Å². The number of piperazine rings is 1. The fourth-order valence-corrected chi connectivity index (χ4v) is 4.37. The van der Waals surface area contributed by atoms with E-state index in [4.69, 9.17) is 0 Å². The summed E-state index contributed by atoms with van der Waals surface area (Å²) in [6.07, 6.45) is 1.66. The number of hydrogen-bond acceptors (Lipinski definition) is 5. The van der Waals surface area contributed by atoms with Gasteiger partial charge in [-0.3, -0.25) is 4.79 Å². The molecule has 188 valence electrons. The van der Waals surface area contributed by atoms with Gasteiger partial charge >= 0.3 is 0 Å². The summed E-state index contributed by atoms with van der Waals surface area (Å²) in [5, 5.41) is 7.76. The van der Waals surface area contributed by atoms with Crippen LogP contribution in [0.2, 0.25) is 0 Å². The predicted molar refractivity (Wildman–Crippen MR) is 145 cm³/mol. The van der Waals surface area contributed by atoms with E-state index in [2.05, 4.69) is 43.3 Å². The molecule has 0 unspecified atom stereocenters. The van der Waals surface area contributed by atoms with Gasteiger partial charge in [0.15, 0.2) is 5.65 Å². The average Bonchev–Trinajstić information content (AvgIpc) is 3.29. The monoisotopic (exact) mass is 552 g/mol. The zero-order chi connectivity index (χ0) is 25.7. The second-order valence-electron chi connectivity index (χ2n) is 8.38. The molecule has 1 N–H and O–H groups in total. The first-order chi connectivity index (χ1) is 17.5. The lowest BCUT2D eigenvalue weighted by Crippen LogP contribution is -2.47. The fraction of sp³-hybridized carbons (Fsp3) is 0.296. The van der Waals surface area contributed by atoms with Crippen LogP contribution in [0, 0.1) is 5.82 Å². The van der Waals surface area contributed by atoms with Crippen LogP contribution in [-0.4, -0.2) is 63.5 Å². The second kappa shape index (κ2) is 11.6. The molecular formula is C27H30BrFN6O. The highest BCUT2D eigenvalue weighted by atomic mass is 79.9. The molecule has 2 aromatic carbocycles. The molecule has 0 atom stereocenters. The van der Waals surface area contributed by atoms with Crippen LogP contribution < -0.4 is 5.32 Å². The number of nitrogens with one attached hydrogen (secondary N) is 1. The Morgan fingerprint density at radius 3 is 2.44 bits per heavy atom. The Kier molecular flexibility index (Phi) is 8.32. The summed E-state index contributed by atoms with van der Waals surface area (Å²) in [7, 11) is 2.07. The first-order valence-corrected chi connectivity index (χ1v) is 12.9. The van der Waals surface area contributed by atoms with Gasteiger partial charge in [-0.1, -0.05) is 38.1 Å². The molecule has 0 spiro atoms. The van der Waals surface area contributed by atoms with Crippen LogP contribution in [0.5, 0.6) is 0 Å². The zero-order valence-electron chi connectivity index (χ0n) is 20.7. The highest BCUT2D eigenvalue weighted by Crippen LogP contribution is 2.27. The topological polar surface area (TPSA) is 65.8 Å². The number of carbonyl (C=O) groups excluding carboxylic acids is 1. The van der Waals surface area contributed by atoms with Crippen LogP contribution in [0.3, 0.4) is 0 Å². The molecule has 0 saturated carbocycles. The van der Waals surface area contributed by atoms with Crippen molar-refractivity contribution >= 4 is 33.3 Å². The number of benzene rings is 2. The van der Waals surface area contributed by atoms with Gasteiger partial charge in [0, 0.05) is 49.9 Å². The van der Waals surface area contributed by atoms with Crippen molar-refractivity contribution in [2.75, 3.05) is 38.5 Å². The van der Waals surface area contributed by atoms with E-state index in [0.717, 1.165) is 36.2 Å². The van der Waals surface area contributed by atoms with Gasteiger partial charge in [0.25, 0.3) is 5.91 Å². The summed E-state index contributed by atoms with van der Waals surface area (Å²) in [4.78, 5) is 21.5. The smallest absolute Gasteiger partial charge is 0.253 e. The van der Waals surface area contributed by atoms with Crippen molar-refractivity contribution in [3.8, 4) is 11.3 Å². The highest BCUT2D eigenvalue weighted by Gasteiger charge is 2.20. The van der Waals surface area contributed by atoms with Gasteiger partial charge in [0.1, 0.15) is 11.6 Å². The lowest BCUT2D eigenvalue weighted by atomic mass is 10.1. The van der Waals surface area contributed by atoms with Gasteiger partial charge in [0.2, 0.25) is 0 Å². The Balaban J connectivity index is 0.00000148. The third-order valence-electron chi connectivity index (χ3n) is 6.04. The minimum absolute atomic E-state index is 0.0689. The van der Waals surface area contributed by atoms with Crippen LogP contribution in [0.15, 0.2) is 65.3 Å². The SMILES string of the molecule is CC.CN1CCN(C(=O)c2ccc(CNc3cc(-c4ccccc4F)nc4c(Br)cnn34)cc2)CC1. The van der Waals surface area contributed by atoms with Crippen molar-refractivity contribution in [2.45, 2.75) is 20.4 Å². The molecule has 1 saturated heterocycles. The molecular weight excluding hydrogens is 523 g/mol. The van der Waals surface area contributed by atoms with Crippen molar-refractivity contribution in [1.29, 1.82) is 0 Å². The predicted octanol–water partition coefficient (Wildman–Crippen LogP) is 5.32. The number of anilines is 1. The minimum Gasteiger partial charge on any atom is -0.366 e. The summed E-state index contributed by atoms with van der Waals surface area (Å²) in [5.74, 6) is 0.424. The molecule has 1 aliphatic heterocycles. The van der Waals surface area contributed by atoms with Crippen LogP contribution in [0.25, 0.3) is 16.9 Å². The van der Waals surface area contributed by atoms with Gasteiger partial charge in [-0.05, 0) is 52.8 Å². The standard InChI is InChI=1S/C25H24BrFN6O.C2H6/c1-31-10-12-32(13-11-31)25(34)18-8-6-17(7-9-18)15-28-23-14-22(19-4-2-3-5-21(19)27)30-24-20(26)16-29-33(23)24;1-2/h2-9,14,16,28H,10-13,15H2,1H3;1-2H3. The van der Waals surface area contributed by atoms with E-state index in [9.17, 15) is 9.18 Å². The molecule has 9 heteroatoms. The molecule has 0 radical (unpaired) electrons. The Morgan fingerprint density at radius 2 is 1.75 bits per heavy atom. The van der Waals surface area contributed by atoms with Crippen molar-refractivity contribution in [2.24, 2.45) is 0 Å². The summed E-state index contributed by atoms with van der Waals surface area (Å²) in [5.41, 5.74) is 3.24. The Hall–Kier alpha value is -3.30. The number of carbonyl (C=O) groups is 1. The lowest BCUT2D eigenvalue weighted by Gasteiger charge is -2.32. The summed E-state index contributed by atoms with van der Waals surface area (Å²) in [6.45, 7) is 7.80. The van der Waals surface area contributed by atoms with Gasteiger partial charge in [-0.25, -0.2) is 9.37 Å². The normalized spacial score (nSPS) is 13.9. The first kappa shape index (κ1) is 25.8. The fourth-order valence-electron chi connectivity index (χ4n) is 4.02. The molecule has 1 fully saturated rings. The van der Waals surface area contributed by atoms with E-state index in [0.29, 0.717) is 34.8 Å². The third kappa shape index (κ3) is 5.57. The number of rotatable bonds is 5. The Morgan fingerprint density at radius 1 is 1.06 bits per heavy atom. The molecule has 36 heavy (non-hydrogen) atoms. The number of fused-ring (bicyclic) bond motifs is 1. The summed E-state index contributed by atoms with van der Waals surface area (Å²) >= 11 is 3.47. The van der Waals surface area contributed by atoms with Gasteiger partial charge in [0.05, 0.1) is 16.4 Å². The molecule has 1 aliphatic rings. The number of nitrogens with zero attached hydrogens (tertiary/aromatic N) is 5. The van der Waals surface area contributed by atoms with Gasteiger partial charge in [-0.15, -0.1) is 0 Å². The zero-order valence-corrected chi connectivity index (χ0v) is 22.3. The highest BCUT2D eigenvalue weighted by molar-refractivity contribution is 9.10. The maximum absolute atomic E-state index is 14.4. The maximum atomic E-state index is 14.4. The van der Waals surface area contributed by atoms with Crippen LogP contribution >= 0.6 is 15.9 Å². The molecule has 7 nitrogen and oxygen atoms in total. The molecule has 5 rings (SSSR count). The van der Waals surface area contributed by atoms with E-state index < -0.39 is 0 Å². The Labute approximate surface area is 219 Å². The van der Waals surface area contributed by atoms with E-state index in [-0.39, 0.29) is 11.7 Å². The van der Waals surface area contributed by atoms with E-state index in [1.54, 1.807) is 35.0 Å². The Bertz CT molecular complexity index is 1330. The van der Waals surface area contributed by atoms with Crippen molar-refractivity contribution in [1.82, 2.24) is 24.4 Å². The molecule has 2 aromatic heterocycles. The lowest BCUT2D eigenvalue weighted by molar-refractivity contribution is 0.0664. The third-order valence-corrected chi connectivity index (χ3v) is 6.60. The first-order valence-electron chi connectivity index (χ1n) is 12.1. The van der Waals surface area contributed by atoms with E-state index >= 15 is 0 Å². The average molecular weight is 553 g/mol. The van der Waals surface area contributed by atoms with Crippen LogP contribution in [-0.2, 0) is 6.54 Å². The van der Waals surface area contributed by atoms with E-state index in [1.807, 2.05) is 43.0 Å². The maximum Gasteiger partial charge on any atom is 0.253 e. The number of aromatic nitrogens is 3. The van der Waals surface area contributed by atoms with Gasteiger partial charge in [-0.2, -0.15) is 9.61 Å². The van der Waals surface area contributed by atoms with Crippen molar-refractivity contribution in [3.05, 3.63) is 82.2 Å². The molecule has 0 bridgehead atoms. The van der Waals surface area contributed by atoms with Crippen LogP contribution in [0.1, 0.15) is 29.8 Å². The summed E-state index contributed by atoms with van der Waals surface area (Å²) < 4.78 is 16.8. The summed E-state index contributed by atoms with van der Waals surface area (Å²) in [6, 6.07) is 16.0. The van der Waals surface area contributed by atoms with Crippen molar-refractivity contribution < 1.29 is 9.18 Å². The molecule has 0 aliphatic carbocycles. The molecule has 4 aromatic rings. The molecule has 3 heterocycles. The van der Waals surface area contributed by atoms with Crippen LogP contribution in [0.4, 0.5) is 10.2 Å². The number of hydrogen-bond donors (Lipinski definition) is 1. The second-order valence-corrected chi connectivity index (χ2v) is 9.23. The number of halogens is 2. The van der Waals surface area contributed by atoms with Gasteiger partial charge < -0.3 is 15.1 Å².